The fourth-order valence-corrected chi connectivity index (χ4v) is 2.66. The second-order valence-electron chi connectivity index (χ2n) is 4.74. The van der Waals surface area contributed by atoms with Crippen molar-refractivity contribution in [3.8, 4) is 0 Å². The molecule has 0 bridgehead atoms. The van der Waals surface area contributed by atoms with E-state index in [2.05, 4.69) is 34.8 Å². The Bertz CT molecular complexity index is 315. The molecule has 3 nitrogen and oxygen atoms in total. The number of hydrogen-bond acceptors (Lipinski definition) is 2. The van der Waals surface area contributed by atoms with Gasteiger partial charge in [-0.1, -0.05) is 12.8 Å². The van der Waals surface area contributed by atoms with Gasteiger partial charge in [0.1, 0.15) is 0 Å². The van der Waals surface area contributed by atoms with Crippen molar-refractivity contribution in [2.45, 2.75) is 38.3 Å². The van der Waals surface area contributed by atoms with Crippen molar-refractivity contribution in [1.82, 2.24) is 9.47 Å². The summed E-state index contributed by atoms with van der Waals surface area (Å²) >= 11 is 0. The van der Waals surface area contributed by atoms with Gasteiger partial charge in [0.05, 0.1) is 6.61 Å². The van der Waals surface area contributed by atoms with Gasteiger partial charge < -0.3 is 9.67 Å². The molecule has 2 rings (SSSR count). The Morgan fingerprint density at radius 1 is 1.44 bits per heavy atom. The van der Waals surface area contributed by atoms with Crippen LogP contribution in [-0.4, -0.2) is 33.8 Å². The van der Waals surface area contributed by atoms with Crippen molar-refractivity contribution in [2.24, 2.45) is 7.05 Å². The van der Waals surface area contributed by atoms with Crippen LogP contribution in [-0.2, 0) is 13.6 Å². The number of nitrogens with zero attached hydrogens (tertiary/aromatic N) is 2. The van der Waals surface area contributed by atoms with E-state index in [0.29, 0.717) is 6.04 Å². The topological polar surface area (TPSA) is 28.4 Å². The zero-order chi connectivity index (χ0) is 11.4. The Kier molecular flexibility index (Phi) is 4.02. The highest BCUT2D eigenvalue weighted by Crippen LogP contribution is 2.24. The molecule has 3 heteroatoms. The summed E-state index contributed by atoms with van der Waals surface area (Å²) in [6, 6.07) is 4.93. The van der Waals surface area contributed by atoms with Crippen LogP contribution in [0.2, 0.25) is 0 Å². The Balaban J connectivity index is 1.99. The summed E-state index contributed by atoms with van der Waals surface area (Å²) in [4.78, 5) is 2.43. The standard InChI is InChI=1S/C13H22N2O/c1-14-8-4-7-13(14)11-15(9-10-16)12-5-2-3-6-12/h4,7-8,12,16H,2-3,5-6,9-11H2,1H3. The lowest BCUT2D eigenvalue weighted by Crippen LogP contribution is -2.35. The van der Waals surface area contributed by atoms with Gasteiger partial charge in [-0.2, -0.15) is 0 Å². The van der Waals surface area contributed by atoms with Crippen molar-refractivity contribution in [3.63, 3.8) is 0 Å². The van der Waals surface area contributed by atoms with E-state index in [9.17, 15) is 0 Å². The van der Waals surface area contributed by atoms with Crippen molar-refractivity contribution >= 4 is 0 Å². The zero-order valence-corrected chi connectivity index (χ0v) is 10.1. The summed E-state index contributed by atoms with van der Waals surface area (Å²) in [5.74, 6) is 0. The molecule has 1 fully saturated rings. The lowest BCUT2D eigenvalue weighted by molar-refractivity contribution is 0.142. The summed E-state index contributed by atoms with van der Waals surface area (Å²) in [7, 11) is 2.08. The van der Waals surface area contributed by atoms with Gasteiger partial charge in [0.2, 0.25) is 0 Å². The maximum atomic E-state index is 9.15. The van der Waals surface area contributed by atoms with Gasteiger partial charge in [-0.25, -0.2) is 0 Å². The Morgan fingerprint density at radius 3 is 2.75 bits per heavy atom. The van der Waals surface area contributed by atoms with Crippen LogP contribution < -0.4 is 0 Å². The number of aliphatic hydroxyl groups is 1. The van der Waals surface area contributed by atoms with Crippen molar-refractivity contribution in [3.05, 3.63) is 24.0 Å². The van der Waals surface area contributed by atoms with Crippen LogP contribution in [0.1, 0.15) is 31.4 Å². The minimum absolute atomic E-state index is 0.265. The largest absolute Gasteiger partial charge is 0.395 e. The van der Waals surface area contributed by atoms with E-state index < -0.39 is 0 Å². The summed E-state index contributed by atoms with van der Waals surface area (Å²) < 4.78 is 2.17. The Labute approximate surface area is 97.7 Å². The van der Waals surface area contributed by atoms with Crippen molar-refractivity contribution in [1.29, 1.82) is 0 Å². The summed E-state index contributed by atoms with van der Waals surface area (Å²) in [5.41, 5.74) is 1.33. The van der Waals surface area contributed by atoms with E-state index in [4.69, 9.17) is 5.11 Å². The average Bonchev–Trinajstić information content (AvgIpc) is 2.90. The maximum Gasteiger partial charge on any atom is 0.0558 e. The predicted octanol–water partition coefficient (Wildman–Crippen LogP) is 1.76. The molecule has 1 aliphatic carbocycles. The molecule has 1 heterocycles. The van der Waals surface area contributed by atoms with Crippen LogP contribution in [0.15, 0.2) is 18.3 Å². The molecule has 0 unspecified atom stereocenters. The summed E-state index contributed by atoms with van der Waals surface area (Å²) in [5, 5.41) is 9.15. The molecular formula is C13H22N2O. The van der Waals surface area contributed by atoms with Gasteiger partial charge in [0.25, 0.3) is 0 Å². The van der Waals surface area contributed by atoms with E-state index in [1.54, 1.807) is 0 Å². The van der Waals surface area contributed by atoms with Crippen LogP contribution >= 0.6 is 0 Å². The van der Waals surface area contributed by atoms with Crippen LogP contribution in [0.4, 0.5) is 0 Å². The molecule has 1 aromatic rings. The highest BCUT2D eigenvalue weighted by Gasteiger charge is 2.22. The fraction of sp³-hybridized carbons (Fsp3) is 0.692. The third-order valence-corrected chi connectivity index (χ3v) is 3.64. The van der Waals surface area contributed by atoms with Gasteiger partial charge in [0, 0.05) is 38.1 Å². The molecule has 0 aromatic carbocycles. The van der Waals surface area contributed by atoms with Crippen LogP contribution in [0.5, 0.6) is 0 Å². The van der Waals surface area contributed by atoms with E-state index in [1.165, 1.54) is 31.4 Å². The first-order valence-electron chi connectivity index (χ1n) is 6.26. The summed E-state index contributed by atoms with van der Waals surface area (Å²) in [6.07, 6.45) is 7.37. The third kappa shape index (κ3) is 2.66. The SMILES string of the molecule is Cn1cccc1CN(CCO)C1CCCC1. The lowest BCUT2D eigenvalue weighted by atomic mass is 10.2. The summed E-state index contributed by atoms with van der Waals surface area (Å²) in [6.45, 7) is 2.03. The molecule has 0 saturated heterocycles. The first-order valence-corrected chi connectivity index (χ1v) is 6.26. The van der Waals surface area contributed by atoms with Crippen LogP contribution in [0.3, 0.4) is 0 Å². The maximum absolute atomic E-state index is 9.15. The van der Waals surface area contributed by atoms with E-state index in [0.717, 1.165) is 13.1 Å². The smallest absolute Gasteiger partial charge is 0.0558 e. The predicted molar refractivity (Wildman–Crippen MR) is 65.2 cm³/mol. The van der Waals surface area contributed by atoms with E-state index in [-0.39, 0.29) is 6.61 Å². The first kappa shape index (κ1) is 11.7. The monoisotopic (exact) mass is 222 g/mol. The van der Waals surface area contributed by atoms with E-state index >= 15 is 0 Å². The minimum atomic E-state index is 0.265. The molecule has 0 atom stereocenters. The van der Waals surface area contributed by atoms with Crippen LogP contribution in [0, 0.1) is 0 Å². The van der Waals surface area contributed by atoms with Crippen molar-refractivity contribution < 1.29 is 5.11 Å². The second-order valence-corrected chi connectivity index (χ2v) is 4.74. The molecule has 1 saturated carbocycles. The van der Waals surface area contributed by atoms with Gasteiger partial charge in [-0.15, -0.1) is 0 Å². The van der Waals surface area contributed by atoms with Gasteiger partial charge in [0.15, 0.2) is 0 Å². The number of aromatic nitrogens is 1. The highest BCUT2D eigenvalue weighted by atomic mass is 16.3. The molecular weight excluding hydrogens is 200 g/mol. The molecule has 16 heavy (non-hydrogen) atoms. The quantitative estimate of drug-likeness (QED) is 0.822. The molecule has 1 aromatic heterocycles. The Hall–Kier alpha value is -0.800. The minimum Gasteiger partial charge on any atom is -0.395 e. The fourth-order valence-electron chi connectivity index (χ4n) is 2.66. The average molecular weight is 222 g/mol. The number of aliphatic hydroxyl groups excluding tert-OH is 1. The normalized spacial score (nSPS) is 17.4. The zero-order valence-electron chi connectivity index (χ0n) is 10.1. The van der Waals surface area contributed by atoms with Gasteiger partial charge in [-0.05, 0) is 25.0 Å². The van der Waals surface area contributed by atoms with Gasteiger partial charge >= 0.3 is 0 Å². The molecule has 0 radical (unpaired) electrons. The molecule has 90 valence electrons. The molecule has 0 spiro atoms. The van der Waals surface area contributed by atoms with Crippen molar-refractivity contribution in [2.75, 3.05) is 13.2 Å². The molecule has 0 aliphatic heterocycles. The lowest BCUT2D eigenvalue weighted by Gasteiger charge is -2.28. The second kappa shape index (κ2) is 5.51. The first-order chi connectivity index (χ1) is 7.81. The number of rotatable bonds is 5. The third-order valence-electron chi connectivity index (χ3n) is 3.64. The molecule has 1 N–H and O–H groups in total. The number of hydrogen-bond donors (Lipinski definition) is 1. The Morgan fingerprint density at radius 2 is 2.19 bits per heavy atom. The number of aryl methyl sites for hydroxylation is 1. The molecule has 0 amide bonds. The molecule has 1 aliphatic rings. The van der Waals surface area contributed by atoms with Crippen LogP contribution in [0.25, 0.3) is 0 Å². The van der Waals surface area contributed by atoms with E-state index in [1.807, 2.05) is 0 Å². The van der Waals surface area contributed by atoms with Gasteiger partial charge in [-0.3, -0.25) is 4.90 Å². The highest BCUT2D eigenvalue weighted by molar-refractivity contribution is 5.06.